The third-order valence-electron chi connectivity index (χ3n) is 3.62. The molecule has 0 spiro atoms. The minimum absolute atomic E-state index is 1.02. The molecule has 2 heterocycles. The zero-order chi connectivity index (χ0) is 14.1. The first-order valence-electron chi connectivity index (χ1n) is 6.89. The van der Waals surface area contributed by atoms with E-state index < -0.39 is 0 Å². The molecule has 0 aliphatic heterocycles. The molecule has 0 saturated carbocycles. The Bertz CT molecular complexity index is 880. The molecule has 0 aliphatic rings. The fourth-order valence-electron chi connectivity index (χ4n) is 2.59. The number of hydrogen-bond donors (Lipinski definition) is 0. The van der Waals surface area contributed by atoms with Crippen LogP contribution in [0.25, 0.3) is 33.3 Å². The van der Waals surface area contributed by atoms with E-state index in [0.29, 0.717) is 0 Å². The zero-order valence-electron chi connectivity index (χ0n) is 11.4. The zero-order valence-corrected chi connectivity index (χ0v) is 12.2. The maximum Gasteiger partial charge on any atom is 0.0715 e. The Kier molecular flexibility index (Phi) is 3.02. The van der Waals surface area contributed by atoms with Gasteiger partial charge in [0, 0.05) is 10.9 Å². The monoisotopic (exact) mass is 287 g/mol. The molecule has 0 amide bonds. The summed E-state index contributed by atoms with van der Waals surface area (Å²) >= 11 is 1.72. The van der Waals surface area contributed by atoms with Gasteiger partial charge < -0.3 is 0 Å². The Morgan fingerprint density at radius 1 is 0.762 bits per heavy atom. The van der Waals surface area contributed by atoms with Crippen LogP contribution in [-0.4, -0.2) is 4.98 Å². The lowest BCUT2D eigenvalue weighted by Gasteiger charge is -2.09. The lowest BCUT2D eigenvalue weighted by Crippen LogP contribution is -1.88. The van der Waals surface area contributed by atoms with Gasteiger partial charge in [-0.25, -0.2) is 4.98 Å². The Hall–Kier alpha value is -2.45. The largest absolute Gasteiger partial charge is 0.248 e. The first-order chi connectivity index (χ1) is 10.4. The van der Waals surface area contributed by atoms with Gasteiger partial charge in [0.1, 0.15) is 0 Å². The van der Waals surface area contributed by atoms with Crippen LogP contribution in [0.5, 0.6) is 0 Å². The van der Waals surface area contributed by atoms with E-state index in [1.165, 1.54) is 16.5 Å². The van der Waals surface area contributed by atoms with Gasteiger partial charge in [-0.2, -0.15) is 11.3 Å². The van der Waals surface area contributed by atoms with Crippen molar-refractivity contribution < 1.29 is 0 Å². The molecule has 4 aromatic rings. The molecule has 1 nitrogen and oxygen atoms in total. The van der Waals surface area contributed by atoms with Crippen molar-refractivity contribution in [1.82, 2.24) is 4.98 Å². The summed E-state index contributed by atoms with van der Waals surface area (Å²) < 4.78 is 0. The predicted molar refractivity (Wildman–Crippen MR) is 90.5 cm³/mol. The Morgan fingerprint density at radius 3 is 2.38 bits per heavy atom. The van der Waals surface area contributed by atoms with Crippen molar-refractivity contribution in [2.75, 3.05) is 0 Å². The van der Waals surface area contributed by atoms with Crippen LogP contribution in [0.1, 0.15) is 0 Å². The van der Waals surface area contributed by atoms with Crippen LogP contribution < -0.4 is 0 Å². The minimum atomic E-state index is 1.02. The highest BCUT2D eigenvalue weighted by molar-refractivity contribution is 7.08. The number of hydrogen-bond acceptors (Lipinski definition) is 2. The maximum absolute atomic E-state index is 4.82. The van der Waals surface area contributed by atoms with Crippen LogP contribution >= 0.6 is 11.3 Å². The SMILES string of the molecule is c1ccc(-c2cc(-c3ccsc3)c3ccccc3n2)cc1. The molecule has 21 heavy (non-hydrogen) atoms. The lowest BCUT2D eigenvalue weighted by atomic mass is 10.0. The van der Waals surface area contributed by atoms with E-state index in [0.717, 1.165) is 16.8 Å². The van der Waals surface area contributed by atoms with E-state index >= 15 is 0 Å². The molecular formula is C19H13NS. The summed E-state index contributed by atoms with van der Waals surface area (Å²) in [5.41, 5.74) is 5.73. The smallest absolute Gasteiger partial charge is 0.0715 e. The third-order valence-corrected chi connectivity index (χ3v) is 4.30. The second-order valence-corrected chi connectivity index (χ2v) is 5.73. The van der Waals surface area contributed by atoms with Gasteiger partial charge in [-0.3, -0.25) is 0 Å². The summed E-state index contributed by atoms with van der Waals surface area (Å²) in [5, 5.41) is 5.51. The number of thiophene rings is 1. The van der Waals surface area contributed by atoms with Crippen molar-refractivity contribution in [3.8, 4) is 22.4 Å². The van der Waals surface area contributed by atoms with E-state index in [1.54, 1.807) is 11.3 Å². The number of benzene rings is 2. The van der Waals surface area contributed by atoms with Crippen molar-refractivity contribution in [3.63, 3.8) is 0 Å². The molecule has 2 heteroatoms. The number of nitrogens with zero attached hydrogens (tertiary/aromatic N) is 1. The predicted octanol–water partition coefficient (Wildman–Crippen LogP) is 5.63. The third kappa shape index (κ3) is 2.24. The van der Waals surface area contributed by atoms with Crippen LogP contribution in [0, 0.1) is 0 Å². The highest BCUT2D eigenvalue weighted by atomic mass is 32.1. The molecule has 0 radical (unpaired) electrons. The van der Waals surface area contributed by atoms with Gasteiger partial charge in [0.2, 0.25) is 0 Å². The summed E-state index contributed by atoms with van der Waals surface area (Å²) in [6.07, 6.45) is 0. The number of para-hydroxylation sites is 1. The van der Waals surface area contributed by atoms with Crippen molar-refractivity contribution in [3.05, 3.63) is 77.5 Å². The first kappa shape index (κ1) is 12.3. The summed E-state index contributed by atoms with van der Waals surface area (Å²) in [5.74, 6) is 0. The molecule has 0 fully saturated rings. The van der Waals surface area contributed by atoms with Gasteiger partial charge in [0.05, 0.1) is 11.2 Å². The fraction of sp³-hybridized carbons (Fsp3) is 0. The molecule has 2 aromatic carbocycles. The van der Waals surface area contributed by atoms with Gasteiger partial charge in [0.25, 0.3) is 0 Å². The molecule has 2 aromatic heterocycles. The van der Waals surface area contributed by atoms with Crippen molar-refractivity contribution >= 4 is 22.2 Å². The maximum atomic E-state index is 4.82. The van der Waals surface area contributed by atoms with Crippen molar-refractivity contribution in [1.29, 1.82) is 0 Å². The number of aromatic nitrogens is 1. The van der Waals surface area contributed by atoms with Gasteiger partial charge in [0.15, 0.2) is 0 Å². The standard InChI is InChI=1S/C19H13NS/c1-2-6-14(7-3-1)19-12-17(15-10-11-21-13-15)16-8-4-5-9-18(16)20-19/h1-13H. The van der Waals surface area contributed by atoms with Crippen molar-refractivity contribution in [2.45, 2.75) is 0 Å². The summed E-state index contributed by atoms with van der Waals surface area (Å²) in [6, 6.07) is 23.0. The van der Waals surface area contributed by atoms with E-state index in [-0.39, 0.29) is 0 Å². The molecular weight excluding hydrogens is 274 g/mol. The van der Waals surface area contributed by atoms with Crippen LogP contribution in [0.4, 0.5) is 0 Å². The van der Waals surface area contributed by atoms with Crippen LogP contribution in [-0.2, 0) is 0 Å². The lowest BCUT2D eigenvalue weighted by molar-refractivity contribution is 1.40. The molecule has 0 bridgehead atoms. The van der Waals surface area contributed by atoms with Crippen LogP contribution in [0.15, 0.2) is 77.5 Å². The van der Waals surface area contributed by atoms with E-state index in [9.17, 15) is 0 Å². The highest BCUT2D eigenvalue weighted by Crippen LogP contribution is 2.32. The van der Waals surface area contributed by atoms with E-state index in [1.807, 2.05) is 12.1 Å². The quantitative estimate of drug-likeness (QED) is 0.465. The van der Waals surface area contributed by atoms with Gasteiger partial charge >= 0.3 is 0 Å². The second kappa shape index (κ2) is 5.15. The van der Waals surface area contributed by atoms with Gasteiger partial charge in [-0.05, 0) is 40.1 Å². The summed E-state index contributed by atoms with van der Waals surface area (Å²) in [4.78, 5) is 4.82. The van der Waals surface area contributed by atoms with Gasteiger partial charge in [-0.1, -0.05) is 48.5 Å². The van der Waals surface area contributed by atoms with E-state index in [4.69, 9.17) is 4.98 Å². The molecule has 0 N–H and O–H groups in total. The number of pyridine rings is 1. The molecule has 4 rings (SSSR count). The Labute approximate surface area is 127 Å². The first-order valence-corrected chi connectivity index (χ1v) is 7.84. The van der Waals surface area contributed by atoms with Gasteiger partial charge in [-0.15, -0.1) is 0 Å². The number of fused-ring (bicyclic) bond motifs is 1. The average molecular weight is 287 g/mol. The number of rotatable bonds is 2. The Balaban J connectivity index is 2.03. The minimum Gasteiger partial charge on any atom is -0.248 e. The molecule has 0 unspecified atom stereocenters. The van der Waals surface area contributed by atoms with E-state index in [2.05, 4.69) is 65.4 Å². The normalized spacial score (nSPS) is 10.9. The van der Waals surface area contributed by atoms with Crippen LogP contribution in [0.2, 0.25) is 0 Å². The second-order valence-electron chi connectivity index (χ2n) is 4.95. The van der Waals surface area contributed by atoms with Crippen molar-refractivity contribution in [2.24, 2.45) is 0 Å². The molecule has 100 valence electrons. The van der Waals surface area contributed by atoms with Crippen LogP contribution in [0.3, 0.4) is 0 Å². The molecule has 0 saturated heterocycles. The Morgan fingerprint density at radius 2 is 1.57 bits per heavy atom. The fourth-order valence-corrected chi connectivity index (χ4v) is 3.24. The summed E-state index contributed by atoms with van der Waals surface area (Å²) in [7, 11) is 0. The average Bonchev–Trinajstić information content (AvgIpc) is 3.09. The topological polar surface area (TPSA) is 12.9 Å². The summed E-state index contributed by atoms with van der Waals surface area (Å²) in [6.45, 7) is 0. The molecule has 0 aliphatic carbocycles. The highest BCUT2D eigenvalue weighted by Gasteiger charge is 2.09. The molecule has 0 atom stereocenters.